The molecule has 23 heavy (non-hydrogen) atoms. The van der Waals surface area contributed by atoms with Gasteiger partial charge in [0, 0.05) is 18.1 Å². The standard InChI is InChI=1S/C17H17ClN2O3/c1-23-15-8-4-13(5-9-15)11-20-17(22)16(21)19-10-12-2-6-14(18)7-3-12/h2-9H,10-11H2,1H3,(H,19,21)(H,20,22). The lowest BCUT2D eigenvalue weighted by Crippen LogP contribution is -2.39. The summed E-state index contributed by atoms with van der Waals surface area (Å²) in [5, 5.41) is 5.75. The highest BCUT2D eigenvalue weighted by atomic mass is 35.5. The summed E-state index contributed by atoms with van der Waals surface area (Å²) >= 11 is 5.78. The zero-order chi connectivity index (χ0) is 16.7. The zero-order valence-electron chi connectivity index (χ0n) is 12.6. The summed E-state index contributed by atoms with van der Waals surface area (Å²) in [4.78, 5) is 23.5. The fourth-order valence-electron chi connectivity index (χ4n) is 1.87. The van der Waals surface area contributed by atoms with Crippen molar-refractivity contribution in [3.63, 3.8) is 0 Å². The fourth-order valence-corrected chi connectivity index (χ4v) is 2.00. The van der Waals surface area contributed by atoms with Crippen LogP contribution in [0.1, 0.15) is 11.1 Å². The predicted octanol–water partition coefficient (Wildman–Crippen LogP) is 2.28. The summed E-state index contributed by atoms with van der Waals surface area (Å²) in [5.41, 5.74) is 1.75. The van der Waals surface area contributed by atoms with E-state index >= 15 is 0 Å². The highest BCUT2D eigenvalue weighted by Gasteiger charge is 2.12. The molecule has 2 rings (SSSR count). The third-order valence-electron chi connectivity index (χ3n) is 3.18. The van der Waals surface area contributed by atoms with Crippen molar-refractivity contribution in [2.45, 2.75) is 13.1 Å². The lowest BCUT2D eigenvalue weighted by Gasteiger charge is -2.07. The van der Waals surface area contributed by atoms with Gasteiger partial charge in [-0.1, -0.05) is 35.9 Å². The van der Waals surface area contributed by atoms with Gasteiger partial charge in [0.25, 0.3) is 0 Å². The lowest BCUT2D eigenvalue weighted by molar-refractivity contribution is -0.139. The zero-order valence-corrected chi connectivity index (χ0v) is 13.4. The number of benzene rings is 2. The van der Waals surface area contributed by atoms with Crippen LogP contribution in [-0.2, 0) is 22.7 Å². The average molecular weight is 333 g/mol. The Balaban J connectivity index is 1.77. The van der Waals surface area contributed by atoms with Crippen molar-refractivity contribution in [3.8, 4) is 5.75 Å². The SMILES string of the molecule is COc1ccc(CNC(=O)C(=O)NCc2ccc(Cl)cc2)cc1. The number of carbonyl (C=O) groups excluding carboxylic acids is 2. The van der Waals surface area contributed by atoms with Crippen LogP contribution < -0.4 is 15.4 Å². The van der Waals surface area contributed by atoms with E-state index in [1.54, 1.807) is 43.5 Å². The molecule has 0 radical (unpaired) electrons. The van der Waals surface area contributed by atoms with E-state index in [0.29, 0.717) is 5.02 Å². The maximum Gasteiger partial charge on any atom is 0.309 e. The molecule has 0 bridgehead atoms. The second-order valence-electron chi connectivity index (χ2n) is 4.84. The third kappa shape index (κ3) is 5.30. The Hall–Kier alpha value is -2.53. The molecule has 0 spiro atoms. The van der Waals surface area contributed by atoms with Crippen molar-refractivity contribution in [2.24, 2.45) is 0 Å². The molecule has 0 atom stereocenters. The van der Waals surface area contributed by atoms with Crippen molar-refractivity contribution in [1.29, 1.82) is 0 Å². The second kappa shape index (κ2) is 8.19. The predicted molar refractivity (Wildman–Crippen MR) is 88.1 cm³/mol. The van der Waals surface area contributed by atoms with E-state index in [-0.39, 0.29) is 13.1 Å². The van der Waals surface area contributed by atoms with Crippen LogP contribution in [0.15, 0.2) is 48.5 Å². The summed E-state index contributed by atoms with van der Waals surface area (Å²) in [7, 11) is 1.59. The molecule has 0 saturated heterocycles. The van der Waals surface area contributed by atoms with Gasteiger partial charge in [0.15, 0.2) is 0 Å². The minimum absolute atomic E-state index is 0.270. The van der Waals surface area contributed by atoms with Crippen molar-refractivity contribution in [2.75, 3.05) is 7.11 Å². The van der Waals surface area contributed by atoms with Gasteiger partial charge >= 0.3 is 11.8 Å². The van der Waals surface area contributed by atoms with E-state index < -0.39 is 11.8 Å². The number of halogens is 1. The number of hydrogen-bond donors (Lipinski definition) is 2. The summed E-state index contributed by atoms with van der Waals surface area (Å²) < 4.78 is 5.05. The van der Waals surface area contributed by atoms with E-state index in [1.165, 1.54) is 0 Å². The minimum Gasteiger partial charge on any atom is -0.497 e. The van der Waals surface area contributed by atoms with Crippen molar-refractivity contribution >= 4 is 23.4 Å². The molecular weight excluding hydrogens is 316 g/mol. The molecular formula is C17H17ClN2O3. The van der Waals surface area contributed by atoms with Crippen LogP contribution in [0.25, 0.3) is 0 Å². The first-order valence-corrected chi connectivity index (χ1v) is 7.39. The van der Waals surface area contributed by atoms with Gasteiger partial charge in [-0.15, -0.1) is 0 Å². The first kappa shape index (κ1) is 16.8. The molecule has 0 aliphatic carbocycles. The van der Waals surface area contributed by atoms with Crippen LogP contribution in [0.5, 0.6) is 5.75 Å². The molecule has 0 fully saturated rings. The van der Waals surface area contributed by atoms with E-state index in [0.717, 1.165) is 16.9 Å². The lowest BCUT2D eigenvalue weighted by atomic mass is 10.2. The molecule has 2 aromatic carbocycles. The quantitative estimate of drug-likeness (QED) is 0.825. The van der Waals surface area contributed by atoms with Gasteiger partial charge < -0.3 is 15.4 Å². The van der Waals surface area contributed by atoms with E-state index in [4.69, 9.17) is 16.3 Å². The highest BCUT2D eigenvalue weighted by molar-refractivity contribution is 6.35. The van der Waals surface area contributed by atoms with E-state index in [9.17, 15) is 9.59 Å². The van der Waals surface area contributed by atoms with Crippen LogP contribution in [-0.4, -0.2) is 18.9 Å². The van der Waals surface area contributed by atoms with Gasteiger partial charge in [0.05, 0.1) is 7.11 Å². The number of carbonyl (C=O) groups is 2. The number of ether oxygens (including phenoxy) is 1. The molecule has 0 heterocycles. The summed E-state index contributed by atoms with van der Waals surface area (Å²) in [5.74, 6) is -0.607. The Morgan fingerprint density at radius 3 is 1.74 bits per heavy atom. The molecule has 2 N–H and O–H groups in total. The largest absolute Gasteiger partial charge is 0.497 e. The highest BCUT2D eigenvalue weighted by Crippen LogP contribution is 2.11. The second-order valence-corrected chi connectivity index (χ2v) is 5.28. The van der Waals surface area contributed by atoms with E-state index in [2.05, 4.69) is 10.6 Å². The number of rotatable bonds is 5. The van der Waals surface area contributed by atoms with Crippen LogP contribution in [0.3, 0.4) is 0 Å². The van der Waals surface area contributed by atoms with Gasteiger partial charge in [-0.25, -0.2) is 0 Å². The average Bonchev–Trinajstić information content (AvgIpc) is 2.59. The molecule has 2 aromatic rings. The Morgan fingerprint density at radius 1 is 0.870 bits per heavy atom. The maximum atomic E-state index is 11.7. The van der Waals surface area contributed by atoms with Crippen LogP contribution in [0.4, 0.5) is 0 Å². The molecule has 0 aliphatic rings. The van der Waals surface area contributed by atoms with Crippen molar-refractivity contribution in [1.82, 2.24) is 10.6 Å². The number of hydrogen-bond acceptors (Lipinski definition) is 3. The van der Waals surface area contributed by atoms with Gasteiger partial charge in [0.1, 0.15) is 5.75 Å². The molecule has 6 heteroatoms. The van der Waals surface area contributed by atoms with Gasteiger partial charge in [-0.05, 0) is 35.4 Å². The third-order valence-corrected chi connectivity index (χ3v) is 3.44. The summed E-state index contributed by atoms with van der Waals surface area (Å²) in [6.45, 7) is 0.545. The Kier molecular flexibility index (Phi) is 6.00. The number of methoxy groups -OCH3 is 1. The first-order chi connectivity index (χ1) is 11.1. The normalized spacial score (nSPS) is 10.0. The monoisotopic (exact) mass is 332 g/mol. The fraction of sp³-hybridized carbons (Fsp3) is 0.176. The molecule has 2 amide bonds. The molecule has 0 saturated carbocycles. The molecule has 5 nitrogen and oxygen atoms in total. The Labute approximate surface area is 139 Å². The van der Waals surface area contributed by atoms with Crippen LogP contribution >= 0.6 is 11.6 Å². The number of nitrogens with one attached hydrogen (secondary N) is 2. The topological polar surface area (TPSA) is 67.4 Å². The van der Waals surface area contributed by atoms with Crippen molar-refractivity contribution in [3.05, 3.63) is 64.7 Å². The maximum absolute atomic E-state index is 11.7. The van der Waals surface area contributed by atoms with Gasteiger partial charge in [-0.3, -0.25) is 9.59 Å². The van der Waals surface area contributed by atoms with Crippen molar-refractivity contribution < 1.29 is 14.3 Å². The molecule has 0 unspecified atom stereocenters. The molecule has 0 aromatic heterocycles. The Morgan fingerprint density at radius 2 is 1.30 bits per heavy atom. The number of amides is 2. The van der Waals surface area contributed by atoms with E-state index in [1.807, 2.05) is 12.1 Å². The smallest absolute Gasteiger partial charge is 0.309 e. The Bertz CT molecular complexity index is 669. The molecule has 0 aliphatic heterocycles. The van der Waals surface area contributed by atoms with Gasteiger partial charge in [0.2, 0.25) is 0 Å². The first-order valence-electron chi connectivity index (χ1n) is 7.02. The summed E-state index contributed by atoms with van der Waals surface area (Å²) in [6.07, 6.45) is 0. The van der Waals surface area contributed by atoms with Gasteiger partial charge in [-0.2, -0.15) is 0 Å². The minimum atomic E-state index is -0.673. The summed E-state index contributed by atoms with van der Waals surface area (Å²) in [6, 6.07) is 14.3. The molecule has 120 valence electrons. The van der Waals surface area contributed by atoms with Crippen LogP contribution in [0, 0.1) is 0 Å². The van der Waals surface area contributed by atoms with Crippen LogP contribution in [0.2, 0.25) is 5.02 Å².